The molecule has 5 heteroatoms. The molecule has 2 aromatic carbocycles. The number of carbonyl (C=O) groups excluding carboxylic acids is 1. The van der Waals surface area contributed by atoms with Crippen molar-refractivity contribution in [2.24, 2.45) is 0 Å². The number of piperidine rings is 1. The average Bonchev–Trinajstić information content (AvgIpc) is 3.10. The Morgan fingerprint density at radius 3 is 2.43 bits per heavy atom. The average molecular weight is 382 g/mol. The molecule has 2 heterocycles. The number of hydrogen-bond acceptors (Lipinski definition) is 3. The van der Waals surface area contributed by atoms with Crippen LogP contribution in [0.5, 0.6) is 5.75 Å². The maximum atomic E-state index is 15.0. The number of benzene rings is 2. The molecular formula is C23H27FN2O2. The largest absolute Gasteiger partial charge is 0.508 e. The predicted molar refractivity (Wildman–Crippen MR) is 107 cm³/mol. The number of hydrogen-bond donors (Lipinski definition) is 1. The molecule has 2 aromatic rings. The summed E-state index contributed by atoms with van der Waals surface area (Å²) in [4.78, 5) is 17.0. The Morgan fingerprint density at radius 1 is 1.04 bits per heavy atom. The van der Waals surface area contributed by atoms with Gasteiger partial charge in [0.05, 0.1) is 12.1 Å². The molecule has 2 saturated heterocycles. The number of nitrogens with zero attached hydrogens (tertiary/aromatic N) is 2. The minimum absolute atomic E-state index is 0.0365. The van der Waals surface area contributed by atoms with Gasteiger partial charge < -0.3 is 10.0 Å². The number of aromatic hydroxyl groups is 1. The third-order valence-electron chi connectivity index (χ3n) is 6.30. The highest BCUT2D eigenvalue weighted by Gasteiger charge is 2.41. The van der Waals surface area contributed by atoms with Crippen LogP contribution >= 0.6 is 0 Å². The molecule has 4 rings (SSSR count). The highest BCUT2D eigenvalue weighted by atomic mass is 19.1. The summed E-state index contributed by atoms with van der Waals surface area (Å²) in [6, 6.07) is 16.7. The van der Waals surface area contributed by atoms with E-state index in [2.05, 4.69) is 6.92 Å². The van der Waals surface area contributed by atoms with Gasteiger partial charge in [0.15, 0.2) is 0 Å². The van der Waals surface area contributed by atoms with Gasteiger partial charge in [-0.25, -0.2) is 4.39 Å². The summed E-state index contributed by atoms with van der Waals surface area (Å²) in [5.41, 5.74) is 2.05. The number of carbonyl (C=O) groups is 1. The van der Waals surface area contributed by atoms with Gasteiger partial charge in [0.2, 0.25) is 5.91 Å². The van der Waals surface area contributed by atoms with Gasteiger partial charge in [0.25, 0.3) is 0 Å². The Bertz CT molecular complexity index is 811. The van der Waals surface area contributed by atoms with Crippen LogP contribution in [0.3, 0.4) is 0 Å². The summed E-state index contributed by atoms with van der Waals surface area (Å²) in [5, 5.41) is 9.44. The second-order valence-electron chi connectivity index (χ2n) is 7.92. The minimum Gasteiger partial charge on any atom is -0.508 e. The van der Waals surface area contributed by atoms with Crippen LogP contribution in [0.25, 0.3) is 0 Å². The van der Waals surface area contributed by atoms with Crippen LogP contribution in [0.4, 0.5) is 4.39 Å². The molecular weight excluding hydrogens is 355 g/mol. The van der Waals surface area contributed by atoms with Crippen molar-refractivity contribution in [3.05, 3.63) is 65.7 Å². The molecule has 4 nitrogen and oxygen atoms in total. The first-order chi connectivity index (χ1) is 13.5. The second-order valence-corrected chi connectivity index (χ2v) is 7.92. The number of phenolic OH excluding ortho intramolecular Hbond substituents is 1. The molecule has 28 heavy (non-hydrogen) atoms. The molecule has 0 aromatic heterocycles. The molecule has 0 spiro atoms. The van der Waals surface area contributed by atoms with Gasteiger partial charge >= 0.3 is 0 Å². The van der Waals surface area contributed by atoms with Crippen molar-refractivity contribution in [1.29, 1.82) is 0 Å². The monoisotopic (exact) mass is 382 g/mol. The van der Waals surface area contributed by atoms with E-state index in [0.717, 1.165) is 24.1 Å². The zero-order valence-electron chi connectivity index (χ0n) is 16.2. The number of alkyl halides is 1. The van der Waals surface area contributed by atoms with Crippen LogP contribution in [-0.2, 0) is 4.79 Å². The van der Waals surface area contributed by atoms with Crippen LogP contribution in [0.15, 0.2) is 54.6 Å². The van der Waals surface area contributed by atoms with Crippen molar-refractivity contribution in [3.8, 4) is 5.75 Å². The first-order valence-corrected chi connectivity index (χ1v) is 10.1. The fourth-order valence-electron chi connectivity index (χ4n) is 4.63. The Balaban J connectivity index is 1.41. The van der Waals surface area contributed by atoms with E-state index in [1.807, 2.05) is 40.1 Å². The quantitative estimate of drug-likeness (QED) is 0.873. The Labute approximate surface area is 165 Å². The van der Waals surface area contributed by atoms with Gasteiger partial charge in [-0.1, -0.05) is 42.5 Å². The number of amides is 1. The zero-order chi connectivity index (χ0) is 19.7. The molecule has 2 fully saturated rings. The first-order valence-electron chi connectivity index (χ1n) is 10.1. The van der Waals surface area contributed by atoms with Crippen LogP contribution in [0, 0.1) is 0 Å². The van der Waals surface area contributed by atoms with E-state index in [0.29, 0.717) is 13.0 Å². The van der Waals surface area contributed by atoms with Gasteiger partial charge in [0, 0.05) is 19.0 Å². The van der Waals surface area contributed by atoms with Crippen LogP contribution < -0.4 is 0 Å². The maximum Gasteiger partial charge on any atom is 0.240 e. The minimum atomic E-state index is -1.01. The molecule has 4 atom stereocenters. The standard InChI is InChI=1S/C23H27FN2O2/c1-16(17-5-3-2-4-6-17)26-14-12-22(23(26)28)25-13-11-20(21(24)15-25)18-7-9-19(27)10-8-18/h2-10,16,20-22,27H,11-15H2,1H3/t16-,20-,21+,22?/m0/s1. The SMILES string of the molecule is C[C@@H](c1ccccc1)N1CCC(N2CC[C@@H](c3ccc(O)cc3)[C@H](F)C2)C1=O. The molecule has 0 saturated carbocycles. The van der Waals surface area contributed by atoms with E-state index in [4.69, 9.17) is 0 Å². The van der Waals surface area contributed by atoms with Gasteiger partial charge in [-0.2, -0.15) is 0 Å². The summed E-state index contributed by atoms with van der Waals surface area (Å²) in [7, 11) is 0. The summed E-state index contributed by atoms with van der Waals surface area (Å²) in [5.74, 6) is 0.139. The number of rotatable bonds is 4. The van der Waals surface area contributed by atoms with Gasteiger partial charge in [-0.15, -0.1) is 0 Å². The third kappa shape index (κ3) is 3.63. The lowest BCUT2D eigenvalue weighted by Crippen LogP contribution is -2.49. The molecule has 0 aliphatic carbocycles. The summed E-state index contributed by atoms with van der Waals surface area (Å²) in [6.07, 6.45) is 0.433. The van der Waals surface area contributed by atoms with Crippen molar-refractivity contribution in [1.82, 2.24) is 9.80 Å². The molecule has 1 amide bonds. The fraction of sp³-hybridized carbons (Fsp3) is 0.435. The van der Waals surface area contributed by atoms with Crippen molar-refractivity contribution in [2.75, 3.05) is 19.6 Å². The normalized spacial score (nSPS) is 27.1. The van der Waals surface area contributed by atoms with E-state index in [1.54, 1.807) is 24.3 Å². The van der Waals surface area contributed by atoms with E-state index in [9.17, 15) is 14.3 Å². The number of phenols is 1. The van der Waals surface area contributed by atoms with Crippen molar-refractivity contribution in [2.45, 2.75) is 43.9 Å². The molecule has 0 radical (unpaired) electrons. The van der Waals surface area contributed by atoms with Crippen LogP contribution in [-0.4, -0.2) is 52.7 Å². The van der Waals surface area contributed by atoms with Gasteiger partial charge in [-0.3, -0.25) is 9.69 Å². The molecule has 2 aliphatic rings. The van der Waals surface area contributed by atoms with Gasteiger partial charge in [0.1, 0.15) is 11.9 Å². The van der Waals surface area contributed by atoms with Crippen molar-refractivity contribution >= 4 is 5.91 Å². The van der Waals surface area contributed by atoms with Crippen molar-refractivity contribution in [3.63, 3.8) is 0 Å². The number of halogens is 1. The molecule has 0 bridgehead atoms. The number of likely N-dealkylation sites (tertiary alicyclic amines) is 2. The zero-order valence-corrected chi connectivity index (χ0v) is 16.2. The molecule has 2 aliphatic heterocycles. The highest BCUT2D eigenvalue weighted by Crippen LogP contribution is 2.35. The maximum absolute atomic E-state index is 15.0. The fourth-order valence-corrected chi connectivity index (χ4v) is 4.63. The molecule has 1 N–H and O–H groups in total. The van der Waals surface area contributed by atoms with E-state index >= 15 is 0 Å². The summed E-state index contributed by atoms with van der Waals surface area (Å²) in [6.45, 7) is 3.78. The predicted octanol–water partition coefficient (Wildman–Crippen LogP) is 3.88. The van der Waals surface area contributed by atoms with Crippen molar-refractivity contribution < 1.29 is 14.3 Å². The third-order valence-corrected chi connectivity index (χ3v) is 6.30. The van der Waals surface area contributed by atoms with E-state index in [1.165, 1.54) is 0 Å². The Morgan fingerprint density at radius 2 is 1.75 bits per heavy atom. The van der Waals surface area contributed by atoms with E-state index in [-0.39, 0.29) is 36.2 Å². The molecule has 148 valence electrons. The topological polar surface area (TPSA) is 43.8 Å². The lowest BCUT2D eigenvalue weighted by atomic mass is 9.87. The lowest BCUT2D eigenvalue weighted by Gasteiger charge is -2.38. The Hall–Kier alpha value is -2.40. The first kappa shape index (κ1) is 18.9. The lowest BCUT2D eigenvalue weighted by molar-refractivity contribution is -0.134. The smallest absolute Gasteiger partial charge is 0.240 e. The second kappa shape index (κ2) is 7.92. The van der Waals surface area contributed by atoms with Gasteiger partial charge in [-0.05, 0) is 49.6 Å². The Kier molecular flexibility index (Phi) is 5.36. The van der Waals surface area contributed by atoms with Crippen LogP contribution in [0.1, 0.15) is 42.9 Å². The van der Waals surface area contributed by atoms with E-state index < -0.39 is 6.17 Å². The van der Waals surface area contributed by atoms with Crippen LogP contribution in [0.2, 0.25) is 0 Å². The highest BCUT2D eigenvalue weighted by molar-refractivity contribution is 5.84. The summed E-state index contributed by atoms with van der Waals surface area (Å²) < 4.78 is 15.0. The molecule has 1 unspecified atom stereocenters. The summed E-state index contributed by atoms with van der Waals surface area (Å²) >= 11 is 0.